The van der Waals surface area contributed by atoms with E-state index in [2.05, 4.69) is 21.2 Å². The SMILES string of the molecule is C[C@H](OC(=O)c1cc(Br)ccc1O)C(=O)Nc1ccc(C(N)=O)cc1. The Labute approximate surface area is 151 Å². The average molecular weight is 407 g/mol. The summed E-state index contributed by atoms with van der Waals surface area (Å²) in [6.45, 7) is 1.40. The van der Waals surface area contributed by atoms with Gasteiger partial charge in [-0.05, 0) is 49.4 Å². The van der Waals surface area contributed by atoms with Crippen molar-refractivity contribution in [2.75, 3.05) is 5.32 Å². The second kappa shape index (κ2) is 7.80. The van der Waals surface area contributed by atoms with Gasteiger partial charge in [-0.2, -0.15) is 0 Å². The third kappa shape index (κ3) is 4.80. The highest BCUT2D eigenvalue weighted by atomic mass is 79.9. The molecule has 0 saturated carbocycles. The molecule has 4 N–H and O–H groups in total. The van der Waals surface area contributed by atoms with Gasteiger partial charge in [-0.3, -0.25) is 9.59 Å². The average Bonchev–Trinajstić information content (AvgIpc) is 2.57. The minimum absolute atomic E-state index is 0.0557. The zero-order valence-electron chi connectivity index (χ0n) is 13.2. The van der Waals surface area contributed by atoms with Gasteiger partial charge in [0.2, 0.25) is 5.91 Å². The Hall–Kier alpha value is -2.87. The standard InChI is InChI=1S/C17H15BrN2O5/c1-9(25-17(24)13-8-11(18)4-7-14(13)21)16(23)20-12-5-2-10(3-6-12)15(19)22/h2-9,21H,1H3,(H2,19,22)(H,20,23)/t9-/m0/s1. The molecule has 0 unspecified atom stereocenters. The Morgan fingerprint density at radius 1 is 1.16 bits per heavy atom. The van der Waals surface area contributed by atoms with Crippen LogP contribution in [0.15, 0.2) is 46.9 Å². The molecule has 1 atom stereocenters. The molecule has 0 aliphatic carbocycles. The molecule has 2 rings (SSSR count). The molecule has 0 aliphatic heterocycles. The van der Waals surface area contributed by atoms with Crippen molar-refractivity contribution in [3.63, 3.8) is 0 Å². The first-order valence-corrected chi connectivity index (χ1v) is 7.97. The molecule has 7 nitrogen and oxygen atoms in total. The number of carbonyl (C=O) groups is 3. The third-order valence-corrected chi connectivity index (χ3v) is 3.76. The smallest absolute Gasteiger partial charge is 0.342 e. The van der Waals surface area contributed by atoms with E-state index in [1.54, 1.807) is 6.07 Å². The van der Waals surface area contributed by atoms with Gasteiger partial charge in [0.05, 0.1) is 0 Å². The Morgan fingerprint density at radius 2 is 1.80 bits per heavy atom. The minimum atomic E-state index is -1.10. The number of amides is 2. The van der Waals surface area contributed by atoms with E-state index in [0.29, 0.717) is 15.7 Å². The van der Waals surface area contributed by atoms with Crippen LogP contribution in [-0.4, -0.2) is 29.0 Å². The molecular weight excluding hydrogens is 392 g/mol. The van der Waals surface area contributed by atoms with E-state index in [1.807, 2.05) is 0 Å². The maximum Gasteiger partial charge on any atom is 0.342 e. The number of primary amides is 1. The number of ether oxygens (including phenoxy) is 1. The molecule has 25 heavy (non-hydrogen) atoms. The van der Waals surface area contributed by atoms with Crippen LogP contribution in [-0.2, 0) is 9.53 Å². The van der Waals surface area contributed by atoms with E-state index in [-0.39, 0.29) is 11.3 Å². The lowest BCUT2D eigenvalue weighted by atomic mass is 10.2. The van der Waals surface area contributed by atoms with Crippen molar-refractivity contribution in [1.29, 1.82) is 0 Å². The van der Waals surface area contributed by atoms with Gasteiger partial charge in [0.15, 0.2) is 6.10 Å². The van der Waals surface area contributed by atoms with Crippen LogP contribution in [0.25, 0.3) is 0 Å². The van der Waals surface area contributed by atoms with E-state index < -0.39 is 23.9 Å². The Morgan fingerprint density at radius 3 is 2.40 bits per heavy atom. The molecular formula is C17H15BrN2O5. The van der Waals surface area contributed by atoms with Crippen molar-refractivity contribution < 1.29 is 24.2 Å². The summed E-state index contributed by atoms with van der Waals surface area (Å²) in [5.74, 6) is -2.21. The van der Waals surface area contributed by atoms with Crippen molar-refractivity contribution in [3.05, 3.63) is 58.1 Å². The topological polar surface area (TPSA) is 119 Å². The monoisotopic (exact) mass is 406 g/mol. The summed E-state index contributed by atoms with van der Waals surface area (Å²) in [5, 5.41) is 12.3. The zero-order valence-corrected chi connectivity index (χ0v) is 14.7. The Kier molecular flexibility index (Phi) is 5.76. The van der Waals surface area contributed by atoms with Crippen LogP contribution in [0.3, 0.4) is 0 Å². The minimum Gasteiger partial charge on any atom is -0.507 e. The van der Waals surface area contributed by atoms with Gasteiger partial charge in [0.1, 0.15) is 11.3 Å². The number of nitrogens with one attached hydrogen (secondary N) is 1. The summed E-state index contributed by atoms with van der Waals surface area (Å²) >= 11 is 3.19. The van der Waals surface area contributed by atoms with Crippen LogP contribution in [0.5, 0.6) is 5.75 Å². The number of aromatic hydroxyl groups is 1. The normalized spacial score (nSPS) is 11.4. The number of esters is 1. The number of phenols is 1. The first kappa shape index (κ1) is 18.5. The largest absolute Gasteiger partial charge is 0.507 e. The molecule has 0 aliphatic rings. The molecule has 0 spiro atoms. The molecule has 2 aromatic rings. The quantitative estimate of drug-likeness (QED) is 0.658. The summed E-state index contributed by atoms with van der Waals surface area (Å²) in [5.41, 5.74) is 5.81. The second-order valence-corrected chi connectivity index (χ2v) is 6.06. The Balaban J connectivity index is 2.01. The number of hydrogen-bond acceptors (Lipinski definition) is 5. The molecule has 0 heterocycles. The van der Waals surface area contributed by atoms with Crippen molar-refractivity contribution in [1.82, 2.24) is 0 Å². The van der Waals surface area contributed by atoms with Gasteiger partial charge >= 0.3 is 5.97 Å². The predicted molar refractivity (Wildman–Crippen MR) is 94.3 cm³/mol. The maximum atomic E-state index is 12.1. The highest BCUT2D eigenvalue weighted by molar-refractivity contribution is 9.10. The number of halogens is 1. The summed E-state index contributed by atoms with van der Waals surface area (Å²) in [4.78, 5) is 35.2. The van der Waals surface area contributed by atoms with Gasteiger partial charge in [-0.25, -0.2) is 4.79 Å². The van der Waals surface area contributed by atoms with Crippen LogP contribution in [0.4, 0.5) is 5.69 Å². The summed E-state index contributed by atoms with van der Waals surface area (Å²) < 4.78 is 5.65. The molecule has 130 valence electrons. The maximum absolute atomic E-state index is 12.1. The third-order valence-electron chi connectivity index (χ3n) is 3.27. The van der Waals surface area contributed by atoms with Gasteiger partial charge in [0.25, 0.3) is 5.91 Å². The van der Waals surface area contributed by atoms with Gasteiger partial charge in [-0.15, -0.1) is 0 Å². The van der Waals surface area contributed by atoms with E-state index in [1.165, 1.54) is 43.3 Å². The van der Waals surface area contributed by atoms with Crippen molar-refractivity contribution in [3.8, 4) is 5.75 Å². The Bertz CT molecular complexity index is 820. The molecule has 2 aromatic carbocycles. The fraction of sp³-hybridized carbons (Fsp3) is 0.118. The molecule has 0 fully saturated rings. The number of rotatable bonds is 5. The molecule has 8 heteroatoms. The number of carbonyl (C=O) groups excluding carboxylic acids is 3. The molecule has 0 bridgehead atoms. The summed E-state index contributed by atoms with van der Waals surface area (Å²) in [6, 6.07) is 10.2. The van der Waals surface area contributed by atoms with Gasteiger partial charge in [0, 0.05) is 15.7 Å². The van der Waals surface area contributed by atoms with Crippen LogP contribution in [0.2, 0.25) is 0 Å². The number of anilines is 1. The van der Waals surface area contributed by atoms with Gasteiger partial charge in [-0.1, -0.05) is 15.9 Å². The van der Waals surface area contributed by atoms with Crippen LogP contribution < -0.4 is 11.1 Å². The summed E-state index contributed by atoms with van der Waals surface area (Å²) in [7, 11) is 0. The van der Waals surface area contributed by atoms with Crippen LogP contribution in [0.1, 0.15) is 27.6 Å². The van der Waals surface area contributed by atoms with Crippen LogP contribution >= 0.6 is 15.9 Å². The number of benzene rings is 2. The van der Waals surface area contributed by atoms with Crippen molar-refractivity contribution in [2.24, 2.45) is 5.73 Å². The first-order valence-electron chi connectivity index (χ1n) is 7.18. The molecule has 0 saturated heterocycles. The zero-order chi connectivity index (χ0) is 18.6. The molecule has 0 aromatic heterocycles. The molecule has 0 radical (unpaired) electrons. The highest BCUT2D eigenvalue weighted by Crippen LogP contribution is 2.23. The fourth-order valence-corrected chi connectivity index (χ4v) is 2.27. The van der Waals surface area contributed by atoms with E-state index in [0.717, 1.165) is 0 Å². The van der Waals surface area contributed by atoms with E-state index >= 15 is 0 Å². The lowest BCUT2D eigenvalue weighted by molar-refractivity contribution is -0.123. The fourth-order valence-electron chi connectivity index (χ4n) is 1.91. The lowest BCUT2D eigenvalue weighted by Gasteiger charge is -2.14. The highest BCUT2D eigenvalue weighted by Gasteiger charge is 2.21. The first-order chi connectivity index (χ1) is 11.8. The second-order valence-electron chi connectivity index (χ2n) is 5.14. The van der Waals surface area contributed by atoms with Crippen molar-refractivity contribution in [2.45, 2.75) is 13.0 Å². The molecule has 2 amide bonds. The van der Waals surface area contributed by atoms with Crippen molar-refractivity contribution >= 4 is 39.4 Å². The number of hydrogen-bond donors (Lipinski definition) is 3. The van der Waals surface area contributed by atoms with E-state index in [9.17, 15) is 19.5 Å². The van der Waals surface area contributed by atoms with E-state index in [4.69, 9.17) is 10.5 Å². The number of nitrogens with two attached hydrogens (primary N) is 1. The van der Waals surface area contributed by atoms with Gasteiger partial charge < -0.3 is 20.9 Å². The lowest BCUT2D eigenvalue weighted by Crippen LogP contribution is -2.30. The van der Waals surface area contributed by atoms with Crippen LogP contribution in [0, 0.1) is 0 Å². The number of phenolic OH excluding ortho intramolecular Hbond substituents is 1. The summed E-state index contributed by atoms with van der Waals surface area (Å²) in [6.07, 6.45) is -1.10. The predicted octanol–water partition coefficient (Wildman–Crippen LogP) is 2.44.